The molecule has 0 aliphatic carbocycles. The Morgan fingerprint density at radius 3 is 2.07 bits per heavy atom. The van der Waals surface area contributed by atoms with Gasteiger partial charge in [0.1, 0.15) is 0 Å². The molecule has 0 N–H and O–H groups in total. The third-order valence-corrected chi connectivity index (χ3v) is 3.32. The molecule has 0 unspecified atom stereocenters. The van der Waals surface area contributed by atoms with Crippen LogP contribution in [-0.2, 0) is 14.3 Å². The van der Waals surface area contributed by atoms with Crippen LogP contribution in [-0.4, -0.2) is 20.8 Å². The summed E-state index contributed by atoms with van der Waals surface area (Å²) in [7, 11) is -3.23. The zero-order valence-corrected chi connectivity index (χ0v) is 10.1. The van der Waals surface area contributed by atoms with Crippen molar-refractivity contribution >= 4 is 10.1 Å². The molecule has 0 aliphatic heterocycles. The van der Waals surface area contributed by atoms with Crippen molar-refractivity contribution < 1.29 is 12.6 Å². The Labute approximate surface area is 88.0 Å². The molecule has 0 bridgehead atoms. The lowest BCUT2D eigenvalue weighted by atomic mass is 10.3. The van der Waals surface area contributed by atoms with Crippen molar-refractivity contribution in [2.24, 2.45) is 0 Å². The largest absolute Gasteiger partial charge is 0.270 e. The standard InChI is InChI=1S/C10H22O3S/c1-3-5-7-9-13-14(11,12)10-8-6-4-2/h3-10H2,1-2H3. The van der Waals surface area contributed by atoms with Gasteiger partial charge in [0.25, 0.3) is 10.1 Å². The van der Waals surface area contributed by atoms with Gasteiger partial charge in [-0.1, -0.05) is 39.5 Å². The molecule has 4 heteroatoms. The monoisotopic (exact) mass is 222 g/mol. The van der Waals surface area contributed by atoms with Gasteiger partial charge in [-0.25, -0.2) is 0 Å². The summed E-state index contributed by atoms with van der Waals surface area (Å²) in [6, 6.07) is 0. The number of rotatable bonds is 9. The quantitative estimate of drug-likeness (QED) is 0.445. The predicted octanol–water partition coefficient (Wildman–Crippen LogP) is 2.71. The van der Waals surface area contributed by atoms with Crippen molar-refractivity contribution in [3.8, 4) is 0 Å². The van der Waals surface area contributed by atoms with Gasteiger partial charge in [0.2, 0.25) is 0 Å². The topological polar surface area (TPSA) is 43.4 Å². The molecule has 0 saturated heterocycles. The molecule has 86 valence electrons. The molecule has 0 aromatic carbocycles. The van der Waals surface area contributed by atoms with Crippen LogP contribution in [0.2, 0.25) is 0 Å². The Kier molecular flexibility index (Phi) is 8.18. The van der Waals surface area contributed by atoms with Gasteiger partial charge in [0.05, 0.1) is 12.4 Å². The van der Waals surface area contributed by atoms with E-state index in [0.717, 1.165) is 32.1 Å². The van der Waals surface area contributed by atoms with E-state index in [1.54, 1.807) is 0 Å². The molecule has 0 saturated carbocycles. The molecule has 0 radical (unpaired) electrons. The first-order valence-corrected chi connectivity index (χ1v) is 7.07. The Hall–Kier alpha value is -0.0900. The fourth-order valence-electron chi connectivity index (χ4n) is 1.13. The van der Waals surface area contributed by atoms with E-state index in [1.807, 2.05) is 0 Å². The molecule has 0 aromatic rings. The van der Waals surface area contributed by atoms with Gasteiger partial charge in [-0.3, -0.25) is 4.18 Å². The highest BCUT2D eigenvalue weighted by Gasteiger charge is 2.09. The normalized spacial score (nSPS) is 11.9. The number of unbranched alkanes of at least 4 members (excludes halogenated alkanes) is 4. The van der Waals surface area contributed by atoms with E-state index in [1.165, 1.54) is 0 Å². The zero-order chi connectivity index (χ0) is 10.9. The third kappa shape index (κ3) is 8.51. The van der Waals surface area contributed by atoms with Crippen LogP contribution in [0.15, 0.2) is 0 Å². The minimum atomic E-state index is -3.23. The van der Waals surface area contributed by atoms with Crippen LogP contribution in [0.25, 0.3) is 0 Å². The van der Waals surface area contributed by atoms with Crippen molar-refractivity contribution in [3.63, 3.8) is 0 Å². The fourth-order valence-corrected chi connectivity index (χ4v) is 2.17. The van der Waals surface area contributed by atoms with Gasteiger partial charge < -0.3 is 0 Å². The van der Waals surface area contributed by atoms with Crippen LogP contribution in [0.5, 0.6) is 0 Å². The summed E-state index contributed by atoms with van der Waals surface area (Å²) in [5.74, 6) is 0.174. The summed E-state index contributed by atoms with van der Waals surface area (Å²) in [6.07, 6.45) is 5.66. The molecule has 3 nitrogen and oxygen atoms in total. The maximum absolute atomic E-state index is 11.2. The van der Waals surface area contributed by atoms with Crippen molar-refractivity contribution in [1.82, 2.24) is 0 Å². The van der Waals surface area contributed by atoms with E-state index >= 15 is 0 Å². The summed E-state index contributed by atoms with van der Waals surface area (Å²) in [5, 5.41) is 0. The summed E-state index contributed by atoms with van der Waals surface area (Å²) < 4.78 is 27.3. The second-order valence-electron chi connectivity index (χ2n) is 3.50. The molecule has 0 amide bonds. The minimum absolute atomic E-state index is 0.174. The summed E-state index contributed by atoms with van der Waals surface area (Å²) in [5.41, 5.74) is 0. The molecular weight excluding hydrogens is 200 g/mol. The van der Waals surface area contributed by atoms with E-state index < -0.39 is 10.1 Å². The summed E-state index contributed by atoms with van der Waals surface area (Å²) in [6.45, 7) is 4.48. The average molecular weight is 222 g/mol. The fraction of sp³-hybridized carbons (Fsp3) is 1.00. The number of hydrogen-bond donors (Lipinski definition) is 0. The predicted molar refractivity (Wildman–Crippen MR) is 58.8 cm³/mol. The summed E-state index contributed by atoms with van der Waals surface area (Å²) >= 11 is 0. The lowest BCUT2D eigenvalue weighted by Gasteiger charge is -2.04. The van der Waals surface area contributed by atoms with Gasteiger partial charge in [-0.2, -0.15) is 8.42 Å². The molecule has 0 spiro atoms. The van der Waals surface area contributed by atoms with Crippen LogP contribution < -0.4 is 0 Å². The zero-order valence-electron chi connectivity index (χ0n) is 9.29. The molecule has 0 rings (SSSR count). The van der Waals surface area contributed by atoms with Crippen molar-refractivity contribution in [3.05, 3.63) is 0 Å². The van der Waals surface area contributed by atoms with Gasteiger partial charge >= 0.3 is 0 Å². The maximum Gasteiger partial charge on any atom is 0.267 e. The molecule has 0 heterocycles. The average Bonchev–Trinajstić information content (AvgIpc) is 2.13. The Morgan fingerprint density at radius 1 is 0.929 bits per heavy atom. The van der Waals surface area contributed by atoms with Crippen molar-refractivity contribution in [1.29, 1.82) is 0 Å². The second kappa shape index (κ2) is 8.24. The van der Waals surface area contributed by atoms with Gasteiger partial charge in [-0.05, 0) is 12.8 Å². The first kappa shape index (κ1) is 13.9. The first-order valence-electron chi connectivity index (χ1n) is 5.49. The van der Waals surface area contributed by atoms with Gasteiger partial charge in [0, 0.05) is 0 Å². The lowest BCUT2D eigenvalue weighted by Crippen LogP contribution is -2.11. The first-order chi connectivity index (χ1) is 6.62. The SMILES string of the molecule is CCCCCOS(=O)(=O)CCCCC. The summed E-state index contributed by atoms with van der Waals surface area (Å²) in [4.78, 5) is 0. The van der Waals surface area contributed by atoms with Crippen molar-refractivity contribution in [2.75, 3.05) is 12.4 Å². The minimum Gasteiger partial charge on any atom is -0.270 e. The van der Waals surface area contributed by atoms with Crippen molar-refractivity contribution in [2.45, 2.75) is 52.4 Å². The Balaban J connectivity index is 3.52. The Morgan fingerprint density at radius 2 is 1.50 bits per heavy atom. The maximum atomic E-state index is 11.2. The molecule has 14 heavy (non-hydrogen) atoms. The van der Waals surface area contributed by atoms with E-state index in [9.17, 15) is 8.42 Å². The molecule has 0 aliphatic rings. The van der Waals surface area contributed by atoms with Crippen LogP contribution in [0.1, 0.15) is 52.4 Å². The highest BCUT2D eigenvalue weighted by Crippen LogP contribution is 2.03. The second-order valence-corrected chi connectivity index (χ2v) is 5.26. The van der Waals surface area contributed by atoms with Crippen LogP contribution >= 0.6 is 0 Å². The Bertz CT molecular complexity index is 209. The highest BCUT2D eigenvalue weighted by atomic mass is 32.2. The highest BCUT2D eigenvalue weighted by molar-refractivity contribution is 7.86. The molecule has 0 atom stereocenters. The van der Waals surface area contributed by atoms with E-state index in [4.69, 9.17) is 4.18 Å². The van der Waals surface area contributed by atoms with Gasteiger partial charge in [-0.15, -0.1) is 0 Å². The van der Waals surface area contributed by atoms with Gasteiger partial charge in [0.15, 0.2) is 0 Å². The van der Waals surface area contributed by atoms with E-state index in [-0.39, 0.29) is 5.75 Å². The van der Waals surface area contributed by atoms with Crippen LogP contribution in [0, 0.1) is 0 Å². The molecular formula is C10H22O3S. The third-order valence-electron chi connectivity index (χ3n) is 2.01. The van der Waals surface area contributed by atoms with Crippen LogP contribution in [0.4, 0.5) is 0 Å². The molecule has 0 aromatic heterocycles. The van der Waals surface area contributed by atoms with E-state index in [2.05, 4.69) is 13.8 Å². The molecule has 0 fully saturated rings. The smallest absolute Gasteiger partial charge is 0.267 e. The van der Waals surface area contributed by atoms with Crippen LogP contribution in [0.3, 0.4) is 0 Å². The lowest BCUT2D eigenvalue weighted by molar-refractivity contribution is 0.307. The van der Waals surface area contributed by atoms with E-state index in [0.29, 0.717) is 13.0 Å². The number of hydrogen-bond acceptors (Lipinski definition) is 3.